The lowest BCUT2D eigenvalue weighted by Crippen LogP contribution is -2.12. The zero-order chi connectivity index (χ0) is 10.7. The van der Waals surface area contributed by atoms with E-state index in [1.54, 1.807) is 12.1 Å². The monoisotopic (exact) mass is 257 g/mol. The maximum Gasteiger partial charge on any atom is 0.129 e. The molecule has 0 aromatic heterocycles. The second kappa shape index (κ2) is 4.71. The van der Waals surface area contributed by atoms with E-state index >= 15 is 0 Å². The van der Waals surface area contributed by atoms with Crippen LogP contribution in [0.4, 0.5) is 4.39 Å². The van der Waals surface area contributed by atoms with Gasteiger partial charge in [-0.1, -0.05) is 27.6 Å². The van der Waals surface area contributed by atoms with Crippen LogP contribution < -0.4 is 5.73 Å². The maximum absolute atomic E-state index is 13.4. The van der Waals surface area contributed by atoms with Crippen LogP contribution in [0.1, 0.15) is 24.9 Å². The molecule has 1 aromatic carbocycles. The minimum atomic E-state index is -0.305. The number of benzene rings is 1. The van der Waals surface area contributed by atoms with Gasteiger partial charge in [-0.05, 0) is 25.5 Å². The summed E-state index contributed by atoms with van der Waals surface area (Å²) in [5, 5.41) is 0. The highest BCUT2D eigenvalue weighted by Crippen LogP contribution is 2.23. The summed E-state index contributed by atoms with van der Waals surface area (Å²) in [5.41, 5.74) is 7.33. The Morgan fingerprint density at radius 2 is 2.29 bits per heavy atom. The van der Waals surface area contributed by atoms with Gasteiger partial charge in [-0.15, -0.1) is 6.58 Å². The second-order valence-corrected chi connectivity index (χ2v) is 4.35. The van der Waals surface area contributed by atoms with Crippen LogP contribution in [-0.2, 0) is 0 Å². The molecule has 14 heavy (non-hydrogen) atoms. The van der Waals surface area contributed by atoms with Crippen molar-refractivity contribution in [3.05, 3.63) is 46.2 Å². The number of hydrogen-bond acceptors (Lipinski definition) is 1. The van der Waals surface area contributed by atoms with Gasteiger partial charge in [0.2, 0.25) is 0 Å². The highest BCUT2D eigenvalue weighted by molar-refractivity contribution is 9.10. The topological polar surface area (TPSA) is 26.0 Å². The zero-order valence-electron chi connectivity index (χ0n) is 8.06. The summed E-state index contributed by atoms with van der Waals surface area (Å²) >= 11 is 3.20. The third kappa shape index (κ3) is 2.93. The molecule has 0 saturated heterocycles. The Hall–Kier alpha value is -0.670. The van der Waals surface area contributed by atoms with Crippen molar-refractivity contribution in [1.29, 1.82) is 0 Å². The van der Waals surface area contributed by atoms with E-state index in [-0.39, 0.29) is 11.9 Å². The first-order valence-corrected chi connectivity index (χ1v) is 5.15. The van der Waals surface area contributed by atoms with Crippen LogP contribution in [0.15, 0.2) is 34.8 Å². The molecule has 0 fully saturated rings. The van der Waals surface area contributed by atoms with E-state index in [9.17, 15) is 4.39 Å². The Labute approximate surface area is 91.9 Å². The van der Waals surface area contributed by atoms with Crippen molar-refractivity contribution in [3.8, 4) is 0 Å². The van der Waals surface area contributed by atoms with E-state index in [4.69, 9.17) is 5.73 Å². The molecule has 1 nitrogen and oxygen atoms in total. The van der Waals surface area contributed by atoms with Crippen molar-refractivity contribution in [3.63, 3.8) is 0 Å². The average Bonchev–Trinajstić information content (AvgIpc) is 2.01. The van der Waals surface area contributed by atoms with Crippen molar-refractivity contribution >= 4 is 15.9 Å². The van der Waals surface area contributed by atoms with Gasteiger partial charge in [0.15, 0.2) is 0 Å². The van der Waals surface area contributed by atoms with Gasteiger partial charge in [-0.3, -0.25) is 0 Å². The van der Waals surface area contributed by atoms with Gasteiger partial charge in [-0.25, -0.2) is 4.39 Å². The van der Waals surface area contributed by atoms with Gasteiger partial charge >= 0.3 is 0 Å². The molecule has 0 saturated carbocycles. The lowest BCUT2D eigenvalue weighted by atomic mass is 10.0. The summed E-state index contributed by atoms with van der Waals surface area (Å²) in [5.74, 6) is -0.270. The van der Waals surface area contributed by atoms with Crippen LogP contribution in [0.5, 0.6) is 0 Å². The fourth-order valence-corrected chi connectivity index (χ4v) is 1.62. The third-order valence-corrected chi connectivity index (χ3v) is 2.42. The van der Waals surface area contributed by atoms with Crippen molar-refractivity contribution in [2.45, 2.75) is 19.4 Å². The molecule has 76 valence electrons. The summed E-state index contributed by atoms with van der Waals surface area (Å²) in [6, 6.07) is 4.61. The van der Waals surface area contributed by atoms with E-state index in [0.29, 0.717) is 12.0 Å². The van der Waals surface area contributed by atoms with Gasteiger partial charge in [0.1, 0.15) is 5.82 Å². The normalized spacial score (nSPS) is 12.6. The Morgan fingerprint density at radius 1 is 1.64 bits per heavy atom. The standard InChI is InChI=1S/C11H13BrFN/c1-7(2)5-11(14)9-4-3-8(12)6-10(9)13/h3-4,6,11H,1,5,14H2,2H3. The average molecular weight is 258 g/mol. The highest BCUT2D eigenvalue weighted by Gasteiger charge is 2.11. The van der Waals surface area contributed by atoms with E-state index in [2.05, 4.69) is 22.5 Å². The molecule has 0 aliphatic rings. The number of hydrogen-bond donors (Lipinski definition) is 1. The van der Waals surface area contributed by atoms with Crippen molar-refractivity contribution in [1.82, 2.24) is 0 Å². The van der Waals surface area contributed by atoms with Gasteiger partial charge in [-0.2, -0.15) is 0 Å². The molecule has 1 rings (SSSR count). The molecule has 1 unspecified atom stereocenters. The molecule has 1 aromatic rings. The van der Waals surface area contributed by atoms with E-state index in [1.807, 2.05) is 6.92 Å². The van der Waals surface area contributed by atoms with E-state index in [1.165, 1.54) is 6.07 Å². The number of halogens is 2. The van der Waals surface area contributed by atoms with Gasteiger partial charge < -0.3 is 5.73 Å². The number of nitrogens with two attached hydrogens (primary N) is 1. The predicted octanol–water partition coefficient (Wildman–Crippen LogP) is 3.55. The van der Waals surface area contributed by atoms with Crippen LogP contribution in [0.25, 0.3) is 0 Å². The minimum Gasteiger partial charge on any atom is -0.324 e. The predicted molar refractivity (Wildman–Crippen MR) is 60.5 cm³/mol. The first-order valence-electron chi connectivity index (χ1n) is 4.35. The van der Waals surface area contributed by atoms with Crippen molar-refractivity contribution in [2.75, 3.05) is 0 Å². The second-order valence-electron chi connectivity index (χ2n) is 3.43. The summed E-state index contributed by atoms with van der Waals surface area (Å²) < 4.78 is 14.1. The molecular weight excluding hydrogens is 245 g/mol. The molecule has 0 spiro atoms. The van der Waals surface area contributed by atoms with Crippen LogP contribution in [0, 0.1) is 5.82 Å². The van der Waals surface area contributed by atoms with Crippen molar-refractivity contribution < 1.29 is 4.39 Å². The molecule has 1 atom stereocenters. The zero-order valence-corrected chi connectivity index (χ0v) is 9.64. The Bertz CT molecular complexity index is 349. The first-order chi connectivity index (χ1) is 6.50. The highest BCUT2D eigenvalue weighted by atomic mass is 79.9. The molecule has 2 N–H and O–H groups in total. The Balaban J connectivity index is 2.90. The van der Waals surface area contributed by atoms with Crippen LogP contribution in [-0.4, -0.2) is 0 Å². The van der Waals surface area contributed by atoms with Crippen LogP contribution in [0.2, 0.25) is 0 Å². The molecule has 0 radical (unpaired) electrons. The first kappa shape index (κ1) is 11.4. The summed E-state index contributed by atoms with van der Waals surface area (Å²) in [7, 11) is 0. The largest absolute Gasteiger partial charge is 0.324 e. The summed E-state index contributed by atoms with van der Waals surface area (Å²) in [6.45, 7) is 5.64. The molecular formula is C11H13BrFN. The third-order valence-electron chi connectivity index (χ3n) is 1.93. The van der Waals surface area contributed by atoms with Gasteiger partial charge in [0.25, 0.3) is 0 Å². The van der Waals surface area contributed by atoms with Gasteiger partial charge in [0, 0.05) is 16.1 Å². The molecule has 3 heteroatoms. The Morgan fingerprint density at radius 3 is 2.79 bits per heavy atom. The maximum atomic E-state index is 13.4. The quantitative estimate of drug-likeness (QED) is 0.824. The molecule has 0 amide bonds. The molecule has 0 heterocycles. The lowest BCUT2D eigenvalue weighted by Gasteiger charge is -2.12. The fourth-order valence-electron chi connectivity index (χ4n) is 1.29. The van der Waals surface area contributed by atoms with Crippen LogP contribution >= 0.6 is 15.9 Å². The van der Waals surface area contributed by atoms with Crippen molar-refractivity contribution in [2.24, 2.45) is 5.73 Å². The van der Waals surface area contributed by atoms with Gasteiger partial charge in [0.05, 0.1) is 0 Å². The number of rotatable bonds is 3. The minimum absolute atomic E-state index is 0.270. The SMILES string of the molecule is C=C(C)CC(N)c1ccc(Br)cc1F. The molecule has 0 aliphatic carbocycles. The van der Waals surface area contributed by atoms with Crippen LogP contribution in [0.3, 0.4) is 0 Å². The van der Waals surface area contributed by atoms with E-state index in [0.717, 1.165) is 10.0 Å². The van der Waals surface area contributed by atoms with E-state index < -0.39 is 0 Å². The smallest absolute Gasteiger partial charge is 0.129 e. The summed E-state index contributed by atoms with van der Waals surface area (Å²) in [4.78, 5) is 0. The molecule has 0 aliphatic heterocycles. The fraction of sp³-hybridized carbons (Fsp3) is 0.273. The Kier molecular flexibility index (Phi) is 3.84. The summed E-state index contributed by atoms with van der Waals surface area (Å²) in [6.07, 6.45) is 0.610. The lowest BCUT2D eigenvalue weighted by molar-refractivity contribution is 0.579. The molecule has 0 bridgehead atoms.